The van der Waals surface area contributed by atoms with Crippen LogP contribution in [-0.2, 0) is 15.9 Å². The fourth-order valence-corrected chi connectivity index (χ4v) is 2.73. The summed E-state index contributed by atoms with van der Waals surface area (Å²) in [5.74, 6) is -0.882. The van der Waals surface area contributed by atoms with Crippen LogP contribution in [0.25, 0.3) is 21.9 Å². The number of hydrogen-bond acceptors (Lipinski definition) is 6. The quantitative estimate of drug-likeness (QED) is 0.441. The Hall–Kier alpha value is -2.45. The zero-order valence-electron chi connectivity index (χ0n) is 12.5. The van der Waals surface area contributed by atoms with Gasteiger partial charge in [0.15, 0.2) is 10.5 Å². The summed E-state index contributed by atoms with van der Waals surface area (Å²) in [6.07, 6.45) is 1.58. The van der Waals surface area contributed by atoms with E-state index in [1.165, 1.54) is 0 Å². The van der Waals surface area contributed by atoms with Gasteiger partial charge in [-0.15, -0.1) is 0 Å². The first-order chi connectivity index (χ1) is 11.0. The molecule has 0 spiro atoms. The Morgan fingerprint density at radius 2 is 2.13 bits per heavy atom. The number of H-pyrrole nitrogens is 1. The fourth-order valence-electron chi connectivity index (χ4n) is 2.18. The Labute approximate surface area is 133 Å². The van der Waals surface area contributed by atoms with Gasteiger partial charge in [-0.25, -0.2) is 14.8 Å². The minimum Gasteiger partial charge on any atom is -0.612 e. The zero-order valence-corrected chi connectivity index (χ0v) is 13.3. The molecule has 0 radical (unpaired) electrons. The highest BCUT2D eigenvalue weighted by molar-refractivity contribution is 7.90. The molecule has 7 nitrogen and oxygen atoms in total. The van der Waals surface area contributed by atoms with E-state index in [9.17, 15) is 14.1 Å². The van der Waals surface area contributed by atoms with E-state index in [1.807, 2.05) is 0 Å². The molecule has 0 aliphatic heterocycles. The highest BCUT2D eigenvalue weighted by Crippen LogP contribution is 2.20. The number of benzene rings is 1. The summed E-state index contributed by atoms with van der Waals surface area (Å²) in [5.41, 5.74) is 0.282. The molecule has 1 aromatic carbocycles. The Morgan fingerprint density at radius 1 is 1.35 bits per heavy atom. The number of nitrogens with one attached hydrogen (secondary N) is 1. The lowest BCUT2D eigenvalue weighted by atomic mass is 10.2. The third-order valence-electron chi connectivity index (χ3n) is 3.26. The predicted molar refractivity (Wildman–Crippen MR) is 86.0 cm³/mol. The molecule has 1 unspecified atom stereocenters. The molecule has 118 valence electrons. The Kier molecular flexibility index (Phi) is 4.01. The number of hydrogen-bond donors (Lipinski definition) is 1. The summed E-state index contributed by atoms with van der Waals surface area (Å²) in [7, 11) is 0. The van der Waals surface area contributed by atoms with Gasteiger partial charge in [-0.1, -0.05) is 0 Å². The Balaban J connectivity index is 2.22. The highest BCUT2D eigenvalue weighted by atomic mass is 32.2. The van der Waals surface area contributed by atoms with E-state index in [-0.39, 0.29) is 23.5 Å². The standard InChI is InChI=1S/C15H13N3O4S/c1-3-22-15(20)13-17-12-10(14(19)18-13)7-8-6-9(23(2)21)4-5-11(8)16-12/h4-7H,3H2,1-2H3,(H,16,17,18,19). The number of esters is 1. The summed E-state index contributed by atoms with van der Waals surface area (Å²) in [5, 5.41) is 0.936. The lowest BCUT2D eigenvalue weighted by Gasteiger charge is -2.06. The average Bonchev–Trinajstić information content (AvgIpc) is 2.52. The van der Waals surface area contributed by atoms with Crippen LogP contribution in [-0.4, -0.2) is 38.3 Å². The van der Waals surface area contributed by atoms with Gasteiger partial charge in [-0.3, -0.25) is 4.79 Å². The van der Waals surface area contributed by atoms with Crippen LogP contribution in [0.1, 0.15) is 17.5 Å². The number of pyridine rings is 1. The van der Waals surface area contributed by atoms with Crippen molar-refractivity contribution in [2.24, 2.45) is 0 Å². The number of fused-ring (bicyclic) bond motifs is 2. The van der Waals surface area contributed by atoms with Crippen LogP contribution >= 0.6 is 0 Å². The van der Waals surface area contributed by atoms with Crippen LogP contribution in [0.3, 0.4) is 0 Å². The molecule has 3 rings (SSSR count). The molecule has 0 fully saturated rings. The topological polar surface area (TPSA) is 108 Å². The first kappa shape index (κ1) is 15.4. The molecule has 2 heterocycles. The van der Waals surface area contributed by atoms with Crippen molar-refractivity contribution in [3.8, 4) is 0 Å². The van der Waals surface area contributed by atoms with Gasteiger partial charge in [0.1, 0.15) is 6.26 Å². The smallest absolute Gasteiger partial charge is 0.374 e. The number of carbonyl (C=O) groups is 1. The van der Waals surface area contributed by atoms with Crippen LogP contribution in [0.5, 0.6) is 0 Å². The van der Waals surface area contributed by atoms with Gasteiger partial charge in [0.2, 0.25) is 5.82 Å². The van der Waals surface area contributed by atoms with E-state index in [1.54, 1.807) is 37.4 Å². The first-order valence-corrected chi connectivity index (χ1v) is 8.41. The van der Waals surface area contributed by atoms with E-state index in [4.69, 9.17) is 4.74 Å². The van der Waals surface area contributed by atoms with Crippen molar-refractivity contribution in [3.05, 3.63) is 40.4 Å². The van der Waals surface area contributed by atoms with E-state index in [0.717, 1.165) is 0 Å². The molecule has 2 aromatic heterocycles. The van der Waals surface area contributed by atoms with Gasteiger partial charge in [-0.05, 0) is 36.3 Å². The number of aromatic nitrogens is 3. The molecule has 0 aliphatic rings. The molecular formula is C15H13N3O4S. The summed E-state index contributed by atoms with van der Waals surface area (Å²) in [6, 6.07) is 6.75. The van der Waals surface area contributed by atoms with Crippen molar-refractivity contribution in [1.82, 2.24) is 15.0 Å². The third-order valence-corrected chi connectivity index (χ3v) is 4.18. The van der Waals surface area contributed by atoms with E-state index in [0.29, 0.717) is 15.8 Å². The number of nitrogens with zero attached hydrogens (tertiary/aromatic N) is 2. The van der Waals surface area contributed by atoms with Crippen LogP contribution < -0.4 is 5.56 Å². The minimum absolute atomic E-state index is 0.162. The molecule has 0 amide bonds. The van der Waals surface area contributed by atoms with Gasteiger partial charge in [0.05, 0.1) is 17.5 Å². The average molecular weight is 331 g/mol. The van der Waals surface area contributed by atoms with Gasteiger partial charge >= 0.3 is 5.97 Å². The normalized spacial score (nSPS) is 12.5. The van der Waals surface area contributed by atoms with Crippen molar-refractivity contribution < 1.29 is 14.1 Å². The summed E-state index contributed by atoms with van der Waals surface area (Å²) in [4.78, 5) is 35.3. The maximum atomic E-state index is 12.2. The molecule has 3 aromatic rings. The van der Waals surface area contributed by atoms with E-state index < -0.39 is 22.7 Å². The second-order valence-corrected chi connectivity index (χ2v) is 6.18. The highest BCUT2D eigenvalue weighted by Gasteiger charge is 2.14. The van der Waals surface area contributed by atoms with Gasteiger partial charge in [0, 0.05) is 11.5 Å². The number of ether oxygens (including phenoxy) is 1. The predicted octanol–water partition coefficient (Wildman–Crippen LogP) is 1.39. The van der Waals surface area contributed by atoms with Gasteiger partial charge in [0.25, 0.3) is 5.56 Å². The molecule has 0 bridgehead atoms. The van der Waals surface area contributed by atoms with Gasteiger partial charge < -0.3 is 14.3 Å². The zero-order chi connectivity index (χ0) is 16.6. The molecule has 0 saturated heterocycles. The van der Waals surface area contributed by atoms with Crippen molar-refractivity contribution in [2.75, 3.05) is 12.9 Å². The van der Waals surface area contributed by atoms with Crippen molar-refractivity contribution >= 4 is 39.1 Å². The second kappa shape index (κ2) is 5.98. The summed E-state index contributed by atoms with van der Waals surface area (Å²) < 4.78 is 16.4. The Bertz CT molecular complexity index is 968. The van der Waals surface area contributed by atoms with E-state index in [2.05, 4.69) is 15.0 Å². The van der Waals surface area contributed by atoms with Crippen LogP contribution in [0.4, 0.5) is 0 Å². The summed E-state index contributed by atoms with van der Waals surface area (Å²) >= 11 is -1.13. The fraction of sp³-hybridized carbons (Fsp3) is 0.200. The molecule has 23 heavy (non-hydrogen) atoms. The second-order valence-electron chi connectivity index (χ2n) is 4.80. The number of rotatable bonds is 3. The molecule has 1 N–H and O–H groups in total. The van der Waals surface area contributed by atoms with Crippen molar-refractivity contribution in [2.45, 2.75) is 11.8 Å². The molecular weight excluding hydrogens is 318 g/mol. The van der Waals surface area contributed by atoms with Crippen LogP contribution in [0, 0.1) is 0 Å². The van der Waals surface area contributed by atoms with Crippen molar-refractivity contribution in [1.29, 1.82) is 0 Å². The SMILES string of the molecule is CCOC(=O)c1nc2nc3ccc([S+](C)[O-])cc3cc2c(=O)[nH]1. The maximum absolute atomic E-state index is 12.2. The maximum Gasteiger partial charge on any atom is 0.374 e. The van der Waals surface area contributed by atoms with Gasteiger partial charge in [-0.2, -0.15) is 0 Å². The third kappa shape index (κ3) is 2.90. The molecule has 1 atom stereocenters. The van der Waals surface area contributed by atoms with E-state index >= 15 is 0 Å². The first-order valence-electron chi connectivity index (χ1n) is 6.85. The van der Waals surface area contributed by atoms with Crippen molar-refractivity contribution in [3.63, 3.8) is 0 Å². The molecule has 0 saturated carbocycles. The Morgan fingerprint density at radius 3 is 2.83 bits per heavy atom. The monoisotopic (exact) mass is 331 g/mol. The summed E-state index contributed by atoms with van der Waals surface area (Å²) in [6.45, 7) is 1.85. The molecule has 0 aliphatic carbocycles. The largest absolute Gasteiger partial charge is 0.612 e. The number of carbonyl (C=O) groups excluding carboxylic acids is 1. The lowest BCUT2D eigenvalue weighted by Crippen LogP contribution is -2.18. The van der Waals surface area contributed by atoms with Crippen LogP contribution in [0.15, 0.2) is 34.0 Å². The number of aromatic amines is 1. The lowest BCUT2D eigenvalue weighted by molar-refractivity contribution is 0.0512. The minimum atomic E-state index is -1.13. The molecule has 8 heteroatoms. The van der Waals surface area contributed by atoms with Crippen LogP contribution in [0.2, 0.25) is 0 Å².